The molecule has 124 valence electrons. The Kier molecular flexibility index (Phi) is 6.09. The Morgan fingerprint density at radius 2 is 1.46 bits per heavy atom. The van der Waals surface area contributed by atoms with E-state index in [1.165, 1.54) is 7.11 Å². The predicted molar refractivity (Wildman–Crippen MR) is 94.4 cm³/mol. The summed E-state index contributed by atoms with van der Waals surface area (Å²) in [6, 6.07) is 22.3. The molecule has 3 aromatic rings. The van der Waals surface area contributed by atoms with Gasteiger partial charge in [-0.1, -0.05) is 60.7 Å². The van der Waals surface area contributed by atoms with E-state index in [4.69, 9.17) is 4.79 Å². The highest BCUT2D eigenvalue weighted by atomic mass is 32.2. The number of carbonyl (C=O) groups excluding carboxylic acids is 1. The molecule has 0 heterocycles. The summed E-state index contributed by atoms with van der Waals surface area (Å²) in [7, 11) is -1.97. The molecule has 0 aliphatic heterocycles. The van der Waals surface area contributed by atoms with Crippen molar-refractivity contribution < 1.29 is 17.9 Å². The SMILES string of the molecule is COC=O.O=S(=O)(Cc1ccc2ccccc2c1)c1ccccc1. The van der Waals surface area contributed by atoms with Crippen molar-refractivity contribution in [1.82, 2.24) is 0 Å². The van der Waals surface area contributed by atoms with Crippen LogP contribution in [0.2, 0.25) is 0 Å². The van der Waals surface area contributed by atoms with Gasteiger partial charge >= 0.3 is 0 Å². The van der Waals surface area contributed by atoms with Crippen molar-refractivity contribution >= 4 is 27.1 Å². The molecule has 0 N–H and O–H groups in total. The van der Waals surface area contributed by atoms with Gasteiger partial charge in [-0.2, -0.15) is 0 Å². The normalized spacial score (nSPS) is 10.5. The summed E-state index contributed by atoms with van der Waals surface area (Å²) < 4.78 is 28.5. The molecule has 3 aromatic carbocycles. The van der Waals surface area contributed by atoms with E-state index in [1.54, 1.807) is 24.3 Å². The molecule has 4 nitrogen and oxygen atoms in total. The van der Waals surface area contributed by atoms with Crippen LogP contribution in [0.3, 0.4) is 0 Å². The van der Waals surface area contributed by atoms with E-state index in [0.717, 1.165) is 16.3 Å². The Hall–Kier alpha value is -2.66. The van der Waals surface area contributed by atoms with E-state index in [0.29, 0.717) is 11.4 Å². The van der Waals surface area contributed by atoms with Crippen molar-refractivity contribution in [3.63, 3.8) is 0 Å². The van der Waals surface area contributed by atoms with Gasteiger partial charge in [-0.15, -0.1) is 0 Å². The predicted octanol–water partition coefficient (Wildman–Crippen LogP) is 3.60. The lowest BCUT2D eigenvalue weighted by atomic mass is 10.1. The highest BCUT2D eigenvalue weighted by Crippen LogP contribution is 2.20. The van der Waals surface area contributed by atoms with Crippen LogP contribution >= 0.6 is 0 Å². The average molecular weight is 342 g/mol. The highest BCUT2D eigenvalue weighted by molar-refractivity contribution is 7.90. The van der Waals surface area contributed by atoms with Crippen molar-refractivity contribution in [1.29, 1.82) is 0 Å². The Bertz CT molecular complexity index is 903. The second-order valence-corrected chi connectivity index (χ2v) is 7.08. The van der Waals surface area contributed by atoms with Gasteiger partial charge in [0.1, 0.15) is 0 Å². The van der Waals surface area contributed by atoms with Gasteiger partial charge in [-0.25, -0.2) is 8.42 Å². The third-order valence-corrected chi connectivity index (χ3v) is 5.07. The van der Waals surface area contributed by atoms with Crippen LogP contribution in [0.25, 0.3) is 10.8 Å². The van der Waals surface area contributed by atoms with Gasteiger partial charge < -0.3 is 4.74 Å². The quantitative estimate of drug-likeness (QED) is 0.680. The molecule has 0 saturated carbocycles. The first-order valence-corrected chi connectivity index (χ1v) is 8.94. The number of hydrogen-bond acceptors (Lipinski definition) is 4. The summed E-state index contributed by atoms with van der Waals surface area (Å²) in [5, 5.41) is 2.18. The molecule has 0 aromatic heterocycles. The Labute approximate surface area is 141 Å². The molecule has 0 aliphatic rings. The molecule has 0 fully saturated rings. The molecule has 0 saturated heterocycles. The Balaban J connectivity index is 0.000000471. The van der Waals surface area contributed by atoms with Crippen LogP contribution in [0, 0.1) is 0 Å². The van der Waals surface area contributed by atoms with Crippen molar-refractivity contribution in [3.8, 4) is 0 Å². The van der Waals surface area contributed by atoms with Crippen LogP contribution < -0.4 is 0 Å². The van der Waals surface area contributed by atoms with E-state index < -0.39 is 9.84 Å². The van der Waals surface area contributed by atoms with Gasteiger partial charge in [0.05, 0.1) is 17.8 Å². The van der Waals surface area contributed by atoms with Crippen LogP contribution in [-0.4, -0.2) is 22.0 Å². The highest BCUT2D eigenvalue weighted by Gasteiger charge is 2.14. The molecule has 0 unspecified atom stereocenters. The molecule has 0 amide bonds. The van der Waals surface area contributed by atoms with Gasteiger partial charge in [0, 0.05) is 0 Å². The topological polar surface area (TPSA) is 60.4 Å². The standard InChI is InChI=1S/C17H14O2S.C2H4O2/c18-20(19,17-8-2-1-3-9-17)13-14-10-11-15-6-4-5-7-16(15)12-14;1-4-2-3/h1-12H,13H2;2H,1H3. The minimum Gasteiger partial charge on any atom is -0.471 e. The lowest BCUT2D eigenvalue weighted by Gasteiger charge is -2.06. The zero-order chi connectivity index (χ0) is 17.4. The summed E-state index contributed by atoms with van der Waals surface area (Å²) >= 11 is 0. The van der Waals surface area contributed by atoms with Gasteiger partial charge in [-0.05, 0) is 28.5 Å². The minimum atomic E-state index is -3.28. The molecule has 0 aliphatic carbocycles. The molecule has 0 radical (unpaired) electrons. The Morgan fingerprint density at radius 1 is 0.875 bits per heavy atom. The fraction of sp³-hybridized carbons (Fsp3) is 0.105. The third-order valence-electron chi connectivity index (χ3n) is 3.37. The van der Waals surface area contributed by atoms with Crippen molar-refractivity contribution in [3.05, 3.63) is 78.4 Å². The summed E-state index contributed by atoms with van der Waals surface area (Å²) in [6.07, 6.45) is 0. The van der Waals surface area contributed by atoms with Crippen LogP contribution in [0.4, 0.5) is 0 Å². The maximum atomic E-state index is 12.3. The molecule has 0 spiro atoms. The molecular formula is C19H18O4S. The van der Waals surface area contributed by atoms with Gasteiger partial charge in [0.25, 0.3) is 6.47 Å². The number of sulfone groups is 1. The number of fused-ring (bicyclic) bond motifs is 1. The molecule has 3 rings (SSSR count). The number of carbonyl (C=O) groups is 1. The maximum absolute atomic E-state index is 12.3. The fourth-order valence-corrected chi connectivity index (χ4v) is 3.62. The third kappa shape index (κ3) is 4.67. The van der Waals surface area contributed by atoms with E-state index in [1.807, 2.05) is 48.5 Å². The van der Waals surface area contributed by atoms with Gasteiger partial charge in [-0.3, -0.25) is 4.79 Å². The van der Waals surface area contributed by atoms with Crippen LogP contribution in [0.15, 0.2) is 77.7 Å². The summed E-state index contributed by atoms with van der Waals surface area (Å²) in [5.41, 5.74) is 0.813. The maximum Gasteiger partial charge on any atom is 0.292 e. The van der Waals surface area contributed by atoms with Crippen molar-refractivity contribution in [2.24, 2.45) is 0 Å². The monoisotopic (exact) mass is 342 g/mol. The molecular weight excluding hydrogens is 324 g/mol. The first-order chi connectivity index (χ1) is 11.6. The van der Waals surface area contributed by atoms with Gasteiger partial charge in [0.2, 0.25) is 0 Å². The van der Waals surface area contributed by atoms with Crippen LogP contribution in [-0.2, 0) is 25.1 Å². The van der Waals surface area contributed by atoms with E-state index >= 15 is 0 Å². The van der Waals surface area contributed by atoms with E-state index in [9.17, 15) is 8.42 Å². The van der Waals surface area contributed by atoms with Crippen molar-refractivity contribution in [2.45, 2.75) is 10.6 Å². The molecule has 5 heteroatoms. The second kappa shape index (κ2) is 8.26. The zero-order valence-electron chi connectivity index (χ0n) is 13.3. The molecule has 0 atom stereocenters. The number of hydrogen-bond donors (Lipinski definition) is 0. The summed E-state index contributed by atoms with van der Waals surface area (Å²) in [5.74, 6) is 0.0296. The van der Waals surface area contributed by atoms with E-state index in [-0.39, 0.29) is 5.75 Å². The van der Waals surface area contributed by atoms with Gasteiger partial charge in [0.15, 0.2) is 9.84 Å². The number of rotatable bonds is 4. The summed E-state index contributed by atoms with van der Waals surface area (Å²) in [6.45, 7) is 0.375. The zero-order valence-corrected chi connectivity index (χ0v) is 14.1. The van der Waals surface area contributed by atoms with E-state index in [2.05, 4.69) is 4.74 Å². The number of methoxy groups -OCH3 is 1. The fourth-order valence-electron chi connectivity index (χ4n) is 2.26. The lowest BCUT2D eigenvalue weighted by molar-refractivity contribution is -0.126. The van der Waals surface area contributed by atoms with Crippen LogP contribution in [0.1, 0.15) is 5.56 Å². The summed E-state index contributed by atoms with van der Waals surface area (Å²) in [4.78, 5) is 9.32. The minimum absolute atomic E-state index is 0.0296. The average Bonchev–Trinajstić information content (AvgIpc) is 2.62. The first-order valence-electron chi connectivity index (χ1n) is 7.29. The Morgan fingerprint density at radius 3 is 2.08 bits per heavy atom. The van der Waals surface area contributed by atoms with Crippen LogP contribution in [0.5, 0.6) is 0 Å². The largest absolute Gasteiger partial charge is 0.471 e. The first kappa shape index (κ1) is 17.7. The lowest BCUT2D eigenvalue weighted by Crippen LogP contribution is -2.04. The molecule has 0 bridgehead atoms. The number of benzene rings is 3. The van der Waals surface area contributed by atoms with Crippen molar-refractivity contribution in [2.75, 3.05) is 7.11 Å². The smallest absolute Gasteiger partial charge is 0.292 e. The number of ether oxygens (including phenoxy) is 1. The second-order valence-electron chi connectivity index (χ2n) is 5.09. The molecule has 24 heavy (non-hydrogen) atoms.